The normalized spacial score (nSPS) is 14.6. The third kappa shape index (κ3) is 4.27. The minimum absolute atomic E-state index is 0.0986. The molecule has 1 aliphatic rings. The van der Waals surface area contributed by atoms with Crippen molar-refractivity contribution in [2.45, 2.75) is 32.4 Å². The molecule has 1 saturated heterocycles. The van der Waals surface area contributed by atoms with E-state index >= 15 is 0 Å². The smallest absolute Gasteiger partial charge is 0.314 e. The van der Waals surface area contributed by atoms with Crippen LogP contribution in [0.25, 0.3) is 11.2 Å². The zero-order valence-electron chi connectivity index (χ0n) is 17.0. The Balaban J connectivity index is 1.60. The first-order valence-electron chi connectivity index (χ1n) is 10.3. The number of pyridine rings is 1. The van der Waals surface area contributed by atoms with Gasteiger partial charge < -0.3 is 15.5 Å². The second kappa shape index (κ2) is 8.94. The Bertz CT molecular complexity index is 1070. The number of aromatic nitrogens is 3. The predicted molar refractivity (Wildman–Crippen MR) is 117 cm³/mol. The maximum atomic E-state index is 13.4. The minimum Gasteiger partial charge on any atom is -0.352 e. The lowest BCUT2D eigenvalue weighted by atomic mass is 10.1. The van der Waals surface area contributed by atoms with Crippen LogP contribution in [0.1, 0.15) is 25.3 Å². The van der Waals surface area contributed by atoms with Crippen molar-refractivity contribution in [3.8, 4) is 0 Å². The van der Waals surface area contributed by atoms with Gasteiger partial charge in [-0.2, -0.15) is 0 Å². The van der Waals surface area contributed by atoms with Crippen LogP contribution in [0.5, 0.6) is 0 Å². The highest BCUT2D eigenvalue weighted by Crippen LogP contribution is 2.18. The molecule has 2 N–H and O–H groups in total. The van der Waals surface area contributed by atoms with Gasteiger partial charge in [0.25, 0.3) is 5.56 Å². The van der Waals surface area contributed by atoms with Crippen molar-refractivity contribution in [3.63, 3.8) is 0 Å². The molecule has 0 atom stereocenters. The lowest BCUT2D eigenvalue weighted by Gasteiger charge is -2.33. The molecule has 30 heavy (non-hydrogen) atoms. The molecule has 0 radical (unpaired) electrons. The van der Waals surface area contributed by atoms with E-state index in [4.69, 9.17) is 0 Å². The second-order valence-electron chi connectivity index (χ2n) is 7.42. The van der Waals surface area contributed by atoms with Crippen molar-refractivity contribution in [1.82, 2.24) is 25.2 Å². The van der Waals surface area contributed by atoms with Gasteiger partial charge in [0.1, 0.15) is 5.52 Å². The van der Waals surface area contributed by atoms with Crippen LogP contribution in [0.15, 0.2) is 53.5 Å². The van der Waals surface area contributed by atoms with E-state index in [1.165, 1.54) is 0 Å². The molecule has 1 aliphatic heterocycles. The quantitative estimate of drug-likeness (QED) is 0.677. The zero-order valence-corrected chi connectivity index (χ0v) is 17.0. The number of carbonyl (C=O) groups is 1. The molecule has 1 fully saturated rings. The van der Waals surface area contributed by atoms with E-state index in [0.29, 0.717) is 43.2 Å². The maximum absolute atomic E-state index is 13.4. The number of hydrogen-bond acceptors (Lipinski definition) is 5. The van der Waals surface area contributed by atoms with Crippen molar-refractivity contribution in [1.29, 1.82) is 0 Å². The Kier molecular flexibility index (Phi) is 5.92. The van der Waals surface area contributed by atoms with E-state index in [2.05, 4.69) is 20.6 Å². The number of piperidine rings is 1. The Labute approximate surface area is 175 Å². The minimum atomic E-state index is -0.143. The summed E-state index contributed by atoms with van der Waals surface area (Å²) in [5.41, 5.74) is 2.18. The van der Waals surface area contributed by atoms with E-state index < -0.39 is 0 Å². The Hall–Kier alpha value is -3.42. The summed E-state index contributed by atoms with van der Waals surface area (Å²) in [6.07, 6.45) is 3.22. The first-order valence-corrected chi connectivity index (χ1v) is 10.3. The van der Waals surface area contributed by atoms with Crippen LogP contribution in [0.4, 0.5) is 10.6 Å². The lowest BCUT2D eigenvalue weighted by molar-refractivity contribution is 0.235. The number of anilines is 1. The van der Waals surface area contributed by atoms with Gasteiger partial charge in [-0.25, -0.2) is 14.8 Å². The Morgan fingerprint density at radius 1 is 1.13 bits per heavy atom. The third-order valence-corrected chi connectivity index (χ3v) is 5.34. The van der Waals surface area contributed by atoms with Gasteiger partial charge in [0, 0.05) is 31.9 Å². The van der Waals surface area contributed by atoms with Gasteiger partial charge in [-0.05, 0) is 37.5 Å². The second-order valence-corrected chi connectivity index (χ2v) is 7.42. The molecule has 3 aromatic rings. The van der Waals surface area contributed by atoms with Crippen LogP contribution in [0.3, 0.4) is 0 Å². The summed E-state index contributed by atoms with van der Waals surface area (Å²) in [6, 6.07) is 13.6. The van der Waals surface area contributed by atoms with E-state index in [0.717, 1.165) is 18.4 Å². The first-order chi connectivity index (χ1) is 14.7. The monoisotopic (exact) mass is 406 g/mol. The number of rotatable bonds is 5. The van der Waals surface area contributed by atoms with Gasteiger partial charge in [-0.15, -0.1) is 0 Å². The van der Waals surface area contributed by atoms with Crippen molar-refractivity contribution in [3.05, 3.63) is 64.6 Å². The number of urea groups is 1. The van der Waals surface area contributed by atoms with Crippen LogP contribution in [0, 0.1) is 0 Å². The van der Waals surface area contributed by atoms with E-state index in [1.54, 1.807) is 10.8 Å². The average molecular weight is 406 g/mol. The standard InChI is InChI=1S/C22H26N6O2/c1-2-23-22(30)25-17-10-13-27(14-11-17)20-21(29)28(15-16-7-4-3-5-8-16)19-18(26-20)9-6-12-24-19/h3-9,12,17H,2,10-11,13-15H2,1H3,(H2,23,25,30). The van der Waals surface area contributed by atoms with E-state index in [-0.39, 0.29) is 17.6 Å². The number of amides is 2. The number of benzene rings is 1. The summed E-state index contributed by atoms with van der Waals surface area (Å²) >= 11 is 0. The van der Waals surface area contributed by atoms with Gasteiger partial charge in [0.15, 0.2) is 11.5 Å². The van der Waals surface area contributed by atoms with Crippen LogP contribution >= 0.6 is 0 Å². The average Bonchev–Trinajstić information content (AvgIpc) is 2.77. The molecular weight excluding hydrogens is 380 g/mol. The van der Waals surface area contributed by atoms with Crippen molar-refractivity contribution in [2.75, 3.05) is 24.5 Å². The SMILES string of the molecule is CCNC(=O)NC1CCN(c2nc3cccnc3n(Cc3ccccc3)c2=O)CC1. The van der Waals surface area contributed by atoms with Gasteiger partial charge >= 0.3 is 6.03 Å². The molecule has 0 unspecified atom stereocenters. The summed E-state index contributed by atoms with van der Waals surface area (Å²) in [7, 11) is 0. The fourth-order valence-corrected chi connectivity index (χ4v) is 3.81. The zero-order chi connectivity index (χ0) is 20.9. The highest BCUT2D eigenvalue weighted by atomic mass is 16.2. The molecule has 156 valence electrons. The van der Waals surface area contributed by atoms with E-state index in [1.807, 2.05) is 54.3 Å². The fourth-order valence-electron chi connectivity index (χ4n) is 3.81. The van der Waals surface area contributed by atoms with E-state index in [9.17, 15) is 9.59 Å². The van der Waals surface area contributed by atoms with Crippen LogP contribution in [-0.4, -0.2) is 46.2 Å². The first kappa shape index (κ1) is 19.9. The van der Waals surface area contributed by atoms with Crippen molar-refractivity contribution < 1.29 is 4.79 Å². The molecule has 2 aromatic heterocycles. The fraction of sp³-hybridized carbons (Fsp3) is 0.364. The van der Waals surface area contributed by atoms with Gasteiger partial charge in [-0.1, -0.05) is 30.3 Å². The third-order valence-electron chi connectivity index (χ3n) is 5.34. The molecule has 8 nitrogen and oxygen atoms in total. The van der Waals surface area contributed by atoms with Crippen LogP contribution in [0.2, 0.25) is 0 Å². The van der Waals surface area contributed by atoms with Crippen LogP contribution in [-0.2, 0) is 6.54 Å². The molecule has 0 saturated carbocycles. The maximum Gasteiger partial charge on any atom is 0.314 e. The molecule has 0 spiro atoms. The molecule has 1 aromatic carbocycles. The van der Waals surface area contributed by atoms with Crippen molar-refractivity contribution >= 4 is 23.0 Å². The summed E-state index contributed by atoms with van der Waals surface area (Å²) in [4.78, 5) is 36.2. The number of carbonyl (C=O) groups excluding carboxylic acids is 1. The molecule has 8 heteroatoms. The predicted octanol–water partition coefficient (Wildman–Crippen LogP) is 2.13. The number of nitrogens with zero attached hydrogens (tertiary/aromatic N) is 4. The number of fused-ring (bicyclic) bond motifs is 1. The van der Waals surface area contributed by atoms with Gasteiger partial charge in [-0.3, -0.25) is 9.36 Å². The molecular formula is C22H26N6O2. The van der Waals surface area contributed by atoms with Gasteiger partial charge in [0.2, 0.25) is 0 Å². The highest BCUT2D eigenvalue weighted by molar-refractivity contribution is 5.74. The topological polar surface area (TPSA) is 92.2 Å². The largest absolute Gasteiger partial charge is 0.352 e. The highest BCUT2D eigenvalue weighted by Gasteiger charge is 2.24. The molecule has 0 bridgehead atoms. The number of hydrogen-bond donors (Lipinski definition) is 2. The summed E-state index contributed by atoms with van der Waals surface area (Å²) < 4.78 is 1.70. The number of nitrogens with one attached hydrogen (secondary N) is 2. The molecule has 3 heterocycles. The van der Waals surface area contributed by atoms with Crippen LogP contribution < -0.4 is 21.1 Å². The molecule has 0 aliphatic carbocycles. The summed E-state index contributed by atoms with van der Waals surface area (Å²) in [5.74, 6) is 0.447. The summed E-state index contributed by atoms with van der Waals surface area (Å²) in [5, 5.41) is 5.75. The summed E-state index contributed by atoms with van der Waals surface area (Å²) in [6.45, 7) is 4.26. The van der Waals surface area contributed by atoms with Crippen molar-refractivity contribution in [2.24, 2.45) is 0 Å². The Morgan fingerprint density at radius 2 is 1.90 bits per heavy atom. The molecule has 2 amide bonds. The Morgan fingerprint density at radius 3 is 2.63 bits per heavy atom. The molecule has 4 rings (SSSR count). The van der Waals surface area contributed by atoms with Gasteiger partial charge in [0.05, 0.1) is 6.54 Å². The lowest BCUT2D eigenvalue weighted by Crippen LogP contribution is -2.49.